The first-order valence-corrected chi connectivity index (χ1v) is 14.1. The molecule has 2 aliphatic heterocycles. The maximum absolute atomic E-state index is 11.7. The second-order valence-corrected chi connectivity index (χ2v) is 11.4. The lowest BCUT2D eigenvalue weighted by molar-refractivity contribution is -0.308. The van der Waals surface area contributed by atoms with Gasteiger partial charge in [-0.3, -0.25) is 0 Å². The number of rotatable bonds is 13. The van der Waals surface area contributed by atoms with Crippen molar-refractivity contribution in [2.45, 2.75) is 104 Å². The van der Waals surface area contributed by atoms with E-state index in [2.05, 4.69) is 10.6 Å². The number of ether oxygens (including phenoxy) is 3. The summed E-state index contributed by atoms with van der Waals surface area (Å²) in [5.74, 6) is -1.02. The predicted molar refractivity (Wildman–Crippen MR) is 142 cm³/mol. The molecule has 0 aromatic rings. The van der Waals surface area contributed by atoms with Gasteiger partial charge in [0.15, 0.2) is 6.29 Å². The van der Waals surface area contributed by atoms with Crippen molar-refractivity contribution in [3.8, 4) is 0 Å². The molecule has 18 heteroatoms. The van der Waals surface area contributed by atoms with Gasteiger partial charge in [0.05, 0.1) is 69.0 Å². The Kier molecular flexibility index (Phi) is 13.6. The highest BCUT2D eigenvalue weighted by Gasteiger charge is 2.55. The number of hydrogen-bond acceptors (Lipinski definition) is 18. The minimum atomic E-state index is -1.58. The highest BCUT2D eigenvalue weighted by atomic mass is 16.7. The van der Waals surface area contributed by atoms with Crippen LogP contribution in [-0.4, -0.2) is 188 Å². The van der Waals surface area contributed by atoms with E-state index in [9.17, 15) is 46.0 Å². The van der Waals surface area contributed by atoms with Crippen LogP contribution in [0.15, 0.2) is 0 Å². The first-order valence-electron chi connectivity index (χ1n) is 14.1. The van der Waals surface area contributed by atoms with Gasteiger partial charge in [-0.25, -0.2) is 0 Å². The van der Waals surface area contributed by atoms with Crippen LogP contribution in [0.25, 0.3) is 0 Å². The lowest BCUT2D eigenvalue weighted by Gasteiger charge is -2.52. The first-order chi connectivity index (χ1) is 19.9. The summed E-state index contributed by atoms with van der Waals surface area (Å²) in [6.45, 7) is -2.16. The number of nitrogens with two attached hydrogens (primary N) is 3. The quantitative estimate of drug-likeness (QED) is 0.0914. The van der Waals surface area contributed by atoms with E-state index in [1.165, 1.54) is 0 Å². The van der Waals surface area contributed by atoms with Crippen LogP contribution in [0.4, 0.5) is 0 Å². The smallest absolute Gasteiger partial charge is 0.186 e. The molecule has 0 aromatic carbocycles. The zero-order valence-electron chi connectivity index (χ0n) is 23.2. The predicted octanol–water partition coefficient (Wildman–Crippen LogP) is -9.08. The molecule has 1 aliphatic carbocycles. The summed E-state index contributed by atoms with van der Waals surface area (Å²) < 4.78 is 17.6. The maximum atomic E-state index is 11.7. The zero-order chi connectivity index (χ0) is 31.3. The Hall–Kier alpha value is -0.720. The van der Waals surface area contributed by atoms with E-state index in [1.54, 1.807) is 0 Å². The Morgan fingerprint density at radius 3 is 2.05 bits per heavy atom. The van der Waals surface area contributed by atoms with Crippen molar-refractivity contribution in [1.82, 2.24) is 10.6 Å². The van der Waals surface area contributed by atoms with Gasteiger partial charge in [0.1, 0.15) is 36.6 Å². The molecule has 1 saturated carbocycles. The zero-order valence-corrected chi connectivity index (χ0v) is 23.2. The van der Waals surface area contributed by atoms with Gasteiger partial charge in [-0.15, -0.1) is 0 Å². The van der Waals surface area contributed by atoms with Crippen LogP contribution in [0.3, 0.4) is 0 Å². The van der Waals surface area contributed by atoms with Crippen LogP contribution >= 0.6 is 0 Å². The molecule has 248 valence electrons. The molecule has 2 heterocycles. The van der Waals surface area contributed by atoms with E-state index in [0.29, 0.717) is 0 Å². The van der Waals surface area contributed by atoms with Crippen LogP contribution in [-0.2, 0) is 14.2 Å². The molecule has 42 heavy (non-hydrogen) atoms. The van der Waals surface area contributed by atoms with Gasteiger partial charge >= 0.3 is 0 Å². The molecular weight excluding hydrogens is 566 g/mol. The summed E-state index contributed by atoms with van der Waals surface area (Å²) in [5, 5.41) is 107. The summed E-state index contributed by atoms with van der Waals surface area (Å²) in [6.07, 6.45) is -14.6. The van der Waals surface area contributed by atoms with E-state index in [4.69, 9.17) is 36.5 Å². The van der Waals surface area contributed by atoms with Crippen molar-refractivity contribution in [2.75, 3.05) is 39.5 Å². The third-order valence-corrected chi connectivity index (χ3v) is 8.42. The average Bonchev–Trinajstić information content (AvgIpc) is 2.97. The monoisotopic (exact) mass is 615 g/mol. The highest BCUT2D eigenvalue weighted by Crippen LogP contribution is 2.37. The molecular formula is C24H49N5O13. The molecule has 0 aromatic heterocycles. The molecule has 18 N–H and O–H groups in total. The van der Waals surface area contributed by atoms with Crippen molar-refractivity contribution in [3.05, 3.63) is 0 Å². The van der Waals surface area contributed by atoms with Gasteiger partial charge < -0.3 is 93.1 Å². The second kappa shape index (κ2) is 16.0. The van der Waals surface area contributed by atoms with E-state index >= 15 is 0 Å². The van der Waals surface area contributed by atoms with Crippen LogP contribution in [0, 0.1) is 5.92 Å². The van der Waals surface area contributed by atoms with E-state index < -0.39 is 130 Å². The average molecular weight is 616 g/mol. The summed E-state index contributed by atoms with van der Waals surface area (Å²) >= 11 is 0. The molecule has 0 bridgehead atoms. The third-order valence-electron chi connectivity index (χ3n) is 8.42. The Morgan fingerprint density at radius 2 is 1.45 bits per heavy atom. The van der Waals surface area contributed by atoms with Crippen LogP contribution in [0.1, 0.15) is 6.42 Å². The van der Waals surface area contributed by atoms with Crippen molar-refractivity contribution in [1.29, 1.82) is 0 Å². The van der Waals surface area contributed by atoms with Gasteiger partial charge in [-0.1, -0.05) is 0 Å². The fourth-order valence-corrected chi connectivity index (χ4v) is 5.91. The largest absolute Gasteiger partial charge is 0.395 e. The van der Waals surface area contributed by atoms with Crippen molar-refractivity contribution >= 4 is 0 Å². The Labute approximate surface area is 243 Å². The van der Waals surface area contributed by atoms with Gasteiger partial charge in [0, 0.05) is 31.1 Å². The minimum absolute atomic E-state index is 0.0308. The molecule has 0 radical (unpaired) electrons. The standard InChI is InChI=1S/C24H49N5O13/c25-10-1-11(29-8(4-30)5-31)22(42-24-21(39)15(26)17(35)13(7-33)41-24)19(37)14(10)23-16(27)20(38)18(36)12(40-23)3-28-2-9(34)6-32/h8-24,28-39H,1-7,25-27H2/t9?,10-,11+,12+,13+,14?,15-,16+,17+,18+,19-,20+,21+,22-,23+,24+/m0/s1. The molecule has 0 spiro atoms. The van der Waals surface area contributed by atoms with Crippen LogP contribution < -0.4 is 27.8 Å². The fourth-order valence-electron chi connectivity index (χ4n) is 5.91. The summed E-state index contributed by atoms with van der Waals surface area (Å²) in [7, 11) is 0. The molecule has 2 unspecified atom stereocenters. The second-order valence-electron chi connectivity index (χ2n) is 11.4. The molecule has 3 rings (SSSR count). The molecule has 3 fully saturated rings. The summed E-state index contributed by atoms with van der Waals surface area (Å²) in [5.41, 5.74) is 18.7. The van der Waals surface area contributed by atoms with Gasteiger partial charge in [0.25, 0.3) is 0 Å². The lowest BCUT2D eigenvalue weighted by atomic mass is 9.71. The van der Waals surface area contributed by atoms with Gasteiger partial charge in [-0.2, -0.15) is 0 Å². The Morgan fingerprint density at radius 1 is 0.786 bits per heavy atom. The molecule has 18 nitrogen and oxygen atoms in total. The van der Waals surface area contributed by atoms with Gasteiger partial charge in [0.2, 0.25) is 0 Å². The van der Waals surface area contributed by atoms with Crippen molar-refractivity contribution in [3.63, 3.8) is 0 Å². The van der Waals surface area contributed by atoms with E-state index in [1.807, 2.05) is 0 Å². The van der Waals surface area contributed by atoms with Crippen molar-refractivity contribution < 1.29 is 65.3 Å². The summed E-state index contributed by atoms with van der Waals surface area (Å²) in [4.78, 5) is 0. The minimum Gasteiger partial charge on any atom is -0.395 e. The van der Waals surface area contributed by atoms with Crippen LogP contribution in [0.2, 0.25) is 0 Å². The highest BCUT2D eigenvalue weighted by molar-refractivity contribution is 5.08. The molecule has 16 atom stereocenters. The van der Waals surface area contributed by atoms with Crippen LogP contribution in [0.5, 0.6) is 0 Å². The number of aliphatic hydroxyl groups is 10. The SMILES string of the molecule is N[C@@H]1[C@@H](O)[C@@H](O[C@H]2[C@H](NC(CO)CO)C[C@H](N)C([C@H]3O[C@H](CNCC(O)CO)[C@@H](O)[C@H](O)[C@H]3N)[C@@H]2O)O[C@H](CO)[C@H]1O. The lowest BCUT2D eigenvalue weighted by Crippen LogP contribution is -2.72. The first kappa shape index (κ1) is 35.8. The molecule has 3 aliphatic rings. The third kappa shape index (κ3) is 7.91. The topological polar surface area (TPSA) is 332 Å². The summed E-state index contributed by atoms with van der Waals surface area (Å²) in [6, 6.07) is -5.01. The Balaban J connectivity index is 1.87. The molecule has 0 amide bonds. The van der Waals surface area contributed by atoms with E-state index in [-0.39, 0.29) is 19.5 Å². The van der Waals surface area contributed by atoms with Gasteiger partial charge in [-0.05, 0) is 6.42 Å². The number of hydrogen-bond donors (Lipinski definition) is 15. The van der Waals surface area contributed by atoms with E-state index in [0.717, 1.165) is 0 Å². The van der Waals surface area contributed by atoms with Crippen molar-refractivity contribution in [2.24, 2.45) is 23.1 Å². The number of aliphatic hydroxyl groups excluding tert-OH is 10. The normalized spacial score (nSPS) is 45.7. The Bertz CT molecular complexity index is 804. The fraction of sp³-hybridized carbons (Fsp3) is 1.00. The number of nitrogens with one attached hydrogen (secondary N) is 2. The molecule has 2 saturated heterocycles. The maximum Gasteiger partial charge on any atom is 0.186 e.